The normalized spacial score (nSPS) is 28.3. The van der Waals surface area contributed by atoms with Gasteiger partial charge in [0.15, 0.2) is 0 Å². The Labute approximate surface area is 113 Å². The van der Waals surface area contributed by atoms with Gasteiger partial charge in [0.25, 0.3) is 5.91 Å². The molecule has 0 aromatic rings. The second-order valence-electron chi connectivity index (χ2n) is 5.86. The number of amides is 4. The molecule has 0 saturated carbocycles. The van der Waals surface area contributed by atoms with Crippen molar-refractivity contribution in [2.24, 2.45) is 11.8 Å². The molecular weight excluding hydrogens is 246 g/mol. The van der Waals surface area contributed by atoms with Crippen LogP contribution in [0.2, 0.25) is 0 Å². The van der Waals surface area contributed by atoms with E-state index in [1.165, 1.54) is 4.90 Å². The lowest BCUT2D eigenvalue weighted by Crippen LogP contribution is -2.48. The van der Waals surface area contributed by atoms with Crippen molar-refractivity contribution in [3.8, 4) is 0 Å². The van der Waals surface area contributed by atoms with Gasteiger partial charge in [0.1, 0.15) is 13.1 Å². The van der Waals surface area contributed by atoms with Gasteiger partial charge in [0.05, 0.1) is 0 Å². The van der Waals surface area contributed by atoms with Gasteiger partial charge in [-0.3, -0.25) is 14.5 Å². The van der Waals surface area contributed by atoms with Crippen molar-refractivity contribution < 1.29 is 14.4 Å². The molecule has 19 heavy (non-hydrogen) atoms. The van der Waals surface area contributed by atoms with Gasteiger partial charge < -0.3 is 9.80 Å². The molecule has 2 saturated heterocycles. The largest absolute Gasteiger partial charge is 0.341 e. The lowest BCUT2D eigenvalue weighted by molar-refractivity contribution is -0.138. The maximum atomic E-state index is 12.2. The average molecular weight is 267 g/mol. The minimum Gasteiger partial charge on any atom is -0.341 e. The van der Waals surface area contributed by atoms with Crippen LogP contribution >= 0.6 is 0 Å². The SMILES string of the molecule is CC1CC(C)CN(C(=O)CN2C(=O)CN(C)C2=O)C1. The zero-order valence-corrected chi connectivity index (χ0v) is 11.8. The Balaban J connectivity index is 1.97. The van der Waals surface area contributed by atoms with Crippen LogP contribution in [0.5, 0.6) is 0 Å². The van der Waals surface area contributed by atoms with Gasteiger partial charge in [-0.15, -0.1) is 0 Å². The first-order valence-corrected chi connectivity index (χ1v) is 6.71. The molecule has 2 rings (SSSR count). The van der Waals surface area contributed by atoms with E-state index in [2.05, 4.69) is 13.8 Å². The van der Waals surface area contributed by atoms with E-state index < -0.39 is 0 Å². The standard InChI is InChI=1S/C13H21N3O3/c1-9-4-10(2)6-15(5-9)11(17)8-16-12(18)7-14(3)13(16)19/h9-10H,4-8H2,1-3H3. The van der Waals surface area contributed by atoms with E-state index in [9.17, 15) is 14.4 Å². The van der Waals surface area contributed by atoms with Crippen LogP contribution in [0, 0.1) is 11.8 Å². The molecule has 6 heteroatoms. The number of urea groups is 1. The summed E-state index contributed by atoms with van der Waals surface area (Å²) in [6, 6.07) is -0.378. The van der Waals surface area contributed by atoms with Crippen LogP contribution in [-0.2, 0) is 9.59 Å². The molecule has 0 spiro atoms. The fourth-order valence-corrected chi connectivity index (χ4v) is 2.93. The fraction of sp³-hybridized carbons (Fsp3) is 0.769. The average Bonchev–Trinajstić information content (AvgIpc) is 2.54. The molecule has 4 amide bonds. The van der Waals surface area contributed by atoms with Gasteiger partial charge in [0.2, 0.25) is 5.91 Å². The fourth-order valence-electron chi connectivity index (χ4n) is 2.93. The van der Waals surface area contributed by atoms with Crippen molar-refractivity contribution in [1.29, 1.82) is 0 Å². The Kier molecular flexibility index (Phi) is 3.78. The van der Waals surface area contributed by atoms with Crippen LogP contribution in [0.1, 0.15) is 20.3 Å². The van der Waals surface area contributed by atoms with Crippen LogP contribution in [0.15, 0.2) is 0 Å². The molecule has 0 aromatic heterocycles. The number of piperidine rings is 1. The van der Waals surface area contributed by atoms with Crippen LogP contribution in [0.3, 0.4) is 0 Å². The maximum absolute atomic E-state index is 12.2. The lowest BCUT2D eigenvalue weighted by atomic mass is 9.92. The van der Waals surface area contributed by atoms with Crippen molar-refractivity contribution >= 4 is 17.8 Å². The molecule has 106 valence electrons. The third-order valence-electron chi connectivity index (χ3n) is 3.75. The molecule has 2 heterocycles. The van der Waals surface area contributed by atoms with Crippen molar-refractivity contribution in [3.05, 3.63) is 0 Å². The number of imide groups is 1. The number of nitrogens with zero attached hydrogens (tertiary/aromatic N) is 3. The number of likely N-dealkylation sites (tertiary alicyclic amines) is 1. The summed E-state index contributed by atoms with van der Waals surface area (Å²) in [5, 5.41) is 0. The van der Waals surface area contributed by atoms with Crippen molar-refractivity contribution in [1.82, 2.24) is 14.7 Å². The summed E-state index contributed by atoms with van der Waals surface area (Å²) in [6.45, 7) is 5.62. The summed E-state index contributed by atoms with van der Waals surface area (Å²) >= 11 is 0. The summed E-state index contributed by atoms with van der Waals surface area (Å²) in [6.07, 6.45) is 1.12. The molecule has 2 atom stereocenters. The molecule has 2 aliphatic heterocycles. The second kappa shape index (κ2) is 5.19. The molecule has 0 N–H and O–H groups in total. The zero-order valence-electron chi connectivity index (χ0n) is 11.8. The van der Waals surface area contributed by atoms with Gasteiger partial charge >= 0.3 is 6.03 Å². The third kappa shape index (κ3) is 2.88. The van der Waals surface area contributed by atoms with Crippen LogP contribution in [-0.4, -0.2) is 65.8 Å². The molecule has 2 fully saturated rings. The first-order valence-electron chi connectivity index (χ1n) is 6.71. The van der Waals surface area contributed by atoms with Gasteiger partial charge in [-0.1, -0.05) is 13.8 Å². The van der Waals surface area contributed by atoms with Gasteiger partial charge in [-0.25, -0.2) is 4.79 Å². The minimum atomic E-state index is -0.378. The maximum Gasteiger partial charge on any atom is 0.327 e. The van der Waals surface area contributed by atoms with E-state index >= 15 is 0 Å². The van der Waals surface area contributed by atoms with E-state index in [1.54, 1.807) is 11.9 Å². The highest BCUT2D eigenvalue weighted by Crippen LogP contribution is 2.21. The van der Waals surface area contributed by atoms with Crippen LogP contribution < -0.4 is 0 Å². The minimum absolute atomic E-state index is 0.0684. The van der Waals surface area contributed by atoms with Crippen molar-refractivity contribution in [2.75, 3.05) is 33.2 Å². The van der Waals surface area contributed by atoms with Gasteiger partial charge in [-0.2, -0.15) is 0 Å². The highest BCUT2D eigenvalue weighted by molar-refractivity contribution is 6.04. The second-order valence-corrected chi connectivity index (χ2v) is 5.86. The molecule has 2 unspecified atom stereocenters. The van der Waals surface area contributed by atoms with Gasteiger partial charge in [-0.05, 0) is 18.3 Å². The van der Waals surface area contributed by atoms with Crippen LogP contribution in [0.4, 0.5) is 4.79 Å². The highest BCUT2D eigenvalue weighted by atomic mass is 16.2. The number of hydrogen-bond acceptors (Lipinski definition) is 3. The van der Waals surface area contributed by atoms with Crippen molar-refractivity contribution in [2.45, 2.75) is 20.3 Å². The predicted molar refractivity (Wildman–Crippen MR) is 69.3 cm³/mol. The Morgan fingerprint density at radius 2 is 1.79 bits per heavy atom. The summed E-state index contributed by atoms with van der Waals surface area (Å²) in [4.78, 5) is 39.7. The number of hydrogen-bond donors (Lipinski definition) is 0. The number of carbonyl (C=O) groups is 3. The van der Waals surface area contributed by atoms with E-state index in [4.69, 9.17) is 0 Å². The molecular formula is C13H21N3O3. The molecule has 6 nitrogen and oxygen atoms in total. The quantitative estimate of drug-likeness (QED) is 0.680. The first-order chi connectivity index (χ1) is 8.88. The Morgan fingerprint density at radius 1 is 1.21 bits per heavy atom. The van der Waals surface area contributed by atoms with Crippen LogP contribution in [0.25, 0.3) is 0 Å². The van der Waals surface area contributed by atoms with E-state index in [1.807, 2.05) is 0 Å². The molecule has 0 radical (unpaired) electrons. The summed E-state index contributed by atoms with van der Waals surface area (Å²) in [5.41, 5.74) is 0. The third-order valence-corrected chi connectivity index (χ3v) is 3.75. The predicted octanol–water partition coefficient (Wildman–Crippen LogP) is 0.385. The monoisotopic (exact) mass is 267 g/mol. The zero-order chi connectivity index (χ0) is 14.2. The van der Waals surface area contributed by atoms with E-state index in [0.29, 0.717) is 11.8 Å². The smallest absolute Gasteiger partial charge is 0.327 e. The first kappa shape index (κ1) is 13.8. The molecule has 0 bridgehead atoms. The topological polar surface area (TPSA) is 60.9 Å². The Bertz CT molecular complexity index is 400. The van der Waals surface area contributed by atoms with E-state index in [0.717, 1.165) is 24.4 Å². The number of carbonyl (C=O) groups excluding carboxylic acids is 3. The highest BCUT2D eigenvalue weighted by Gasteiger charge is 2.36. The Hall–Kier alpha value is -1.59. The number of rotatable bonds is 2. The molecule has 0 aliphatic carbocycles. The lowest BCUT2D eigenvalue weighted by Gasteiger charge is -2.35. The molecule has 0 aromatic carbocycles. The number of likely N-dealkylation sites (N-methyl/N-ethyl adjacent to an activating group) is 1. The summed E-state index contributed by atoms with van der Waals surface area (Å²) in [7, 11) is 1.57. The van der Waals surface area contributed by atoms with E-state index in [-0.39, 0.29) is 30.9 Å². The summed E-state index contributed by atoms with van der Waals surface area (Å²) < 4.78 is 0. The molecule has 2 aliphatic rings. The Morgan fingerprint density at radius 3 is 2.26 bits per heavy atom. The summed E-state index contributed by atoms with van der Waals surface area (Å²) in [5.74, 6) is 0.523. The van der Waals surface area contributed by atoms with Gasteiger partial charge in [0, 0.05) is 20.1 Å². The van der Waals surface area contributed by atoms with Crippen molar-refractivity contribution in [3.63, 3.8) is 0 Å².